The quantitative estimate of drug-likeness (QED) is 0.908. The Kier molecular flexibility index (Phi) is 3.84. The lowest BCUT2D eigenvalue weighted by Gasteiger charge is -2.42. The van der Waals surface area contributed by atoms with E-state index in [9.17, 15) is 4.79 Å². The summed E-state index contributed by atoms with van der Waals surface area (Å²) in [6, 6.07) is 2.36. The third-order valence-electron chi connectivity index (χ3n) is 4.55. The zero-order valence-electron chi connectivity index (χ0n) is 11.9. The minimum atomic E-state index is -0.723. The van der Waals surface area contributed by atoms with Crippen LogP contribution in [0.3, 0.4) is 0 Å². The molecule has 4 nitrogen and oxygen atoms in total. The van der Waals surface area contributed by atoms with Crippen LogP contribution in [0.25, 0.3) is 0 Å². The van der Waals surface area contributed by atoms with E-state index in [1.165, 1.54) is 10.4 Å². The summed E-state index contributed by atoms with van der Waals surface area (Å²) in [6.07, 6.45) is 3.17. The largest absolute Gasteiger partial charge is 0.381 e. The molecule has 2 aliphatic heterocycles. The number of fused-ring (bicyclic) bond motifs is 1. The smallest absolute Gasteiger partial charge is 0.243 e. The zero-order valence-corrected chi connectivity index (χ0v) is 12.7. The molecular weight excluding hydrogens is 272 g/mol. The van der Waals surface area contributed by atoms with Crippen molar-refractivity contribution in [2.45, 2.75) is 44.2 Å². The molecular formula is C15H22N2O2S. The van der Waals surface area contributed by atoms with Gasteiger partial charge < -0.3 is 15.4 Å². The molecule has 110 valence electrons. The van der Waals surface area contributed by atoms with Crippen LogP contribution in [0, 0.1) is 0 Å². The minimum absolute atomic E-state index is 0.115. The Labute approximate surface area is 123 Å². The van der Waals surface area contributed by atoms with E-state index in [1.807, 2.05) is 4.90 Å². The Morgan fingerprint density at radius 2 is 2.30 bits per heavy atom. The number of ether oxygens (including phenoxy) is 1. The third-order valence-corrected chi connectivity index (χ3v) is 5.55. The fraction of sp³-hybridized carbons (Fsp3) is 0.667. The average Bonchev–Trinajstić information content (AvgIpc) is 2.94. The van der Waals surface area contributed by atoms with Gasteiger partial charge in [-0.3, -0.25) is 4.79 Å². The van der Waals surface area contributed by atoms with Crippen molar-refractivity contribution in [3.05, 3.63) is 21.9 Å². The number of carbonyl (C=O) groups is 1. The maximum atomic E-state index is 12.9. The fourth-order valence-corrected chi connectivity index (χ4v) is 4.24. The predicted octanol–water partition coefficient (Wildman–Crippen LogP) is 2.09. The van der Waals surface area contributed by atoms with Gasteiger partial charge in [0.25, 0.3) is 0 Å². The maximum absolute atomic E-state index is 12.9. The van der Waals surface area contributed by atoms with Crippen LogP contribution in [0.4, 0.5) is 0 Å². The topological polar surface area (TPSA) is 55.6 Å². The summed E-state index contributed by atoms with van der Waals surface area (Å²) in [5.41, 5.74) is 6.98. The predicted molar refractivity (Wildman–Crippen MR) is 79.7 cm³/mol. The minimum Gasteiger partial charge on any atom is -0.381 e. The molecule has 1 saturated heterocycles. The number of hydrogen-bond donors (Lipinski definition) is 1. The fourth-order valence-electron chi connectivity index (χ4n) is 3.32. The number of nitrogens with two attached hydrogens (primary N) is 1. The van der Waals surface area contributed by atoms with Crippen LogP contribution in [-0.2, 0) is 16.0 Å². The van der Waals surface area contributed by atoms with Gasteiger partial charge in [-0.1, -0.05) is 6.92 Å². The van der Waals surface area contributed by atoms with Gasteiger partial charge in [0.05, 0.1) is 11.6 Å². The average molecular weight is 294 g/mol. The van der Waals surface area contributed by atoms with Gasteiger partial charge in [-0.05, 0) is 42.7 Å². The van der Waals surface area contributed by atoms with Gasteiger partial charge in [0.1, 0.15) is 0 Å². The molecule has 1 atom stereocenters. The van der Waals surface area contributed by atoms with E-state index in [0.29, 0.717) is 26.1 Å². The Morgan fingerprint density at radius 1 is 1.55 bits per heavy atom. The maximum Gasteiger partial charge on any atom is 0.243 e. The molecule has 0 spiro atoms. The summed E-state index contributed by atoms with van der Waals surface area (Å²) >= 11 is 1.80. The number of carbonyl (C=O) groups excluding carboxylic acids is 1. The molecule has 0 radical (unpaired) electrons. The molecule has 0 aliphatic carbocycles. The molecule has 1 fully saturated rings. The van der Waals surface area contributed by atoms with Crippen molar-refractivity contribution >= 4 is 17.2 Å². The molecule has 3 rings (SSSR count). The van der Waals surface area contributed by atoms with Crippen molar-refractivity contribution in [3.63, 3.8) is 0 Å². The summed E-state index contributed by atoms with van der Waals surface area (Å²) in [5, 5.41) is 2.13. The van der Waals surface area contributed by atoms with Crippen LogP contribution in [0.5, 0.6) is 0 Å². The molecule has 0 aromatic carbocycles. The normalized spacial score (nSPS) is 25.3. The Hall–Kier alpha value is -0.910. The van der Waals surface area contributed by atoms with Crippen molar-refractivity contribution in [1.82, 2.24) is 4.90 Å². The molecule has 2 N–H and O–H groups in total. The highest BCUT2D eigenvalue weighted by Gasteiger charge is 2.42. The Morgan fingerprint density at radius 3 is 3.00 bits per heavy atom. The van der Waals surface area contributed by atoms with Gasteiger partial charge in [0, 0.05) is 24.6 Å². The number of amides is 1. The van der Waals surface area contributed by atoms with Crippen LogP contribution in [0.15, 0.2) is 11.4 Å². The summed E-state index contributed by atoms with van der Waals surface area (Å²) in [7, 11) is 0. The summed E-state index contributed by atoms with van der Waals surface area (Å²) in [4.78, 5) is 16.4. The molecule has 1 amide bonds. The highest BCUT2D eigenvalue weighted by molar-refractivity contribution is 7.10. The number of thiophene rings is 1. The molecule has 2 aliphatic rings. The first-order chi connectivity index (χ1) is 9.65. The van der Waals surface area contributed by atoms with E-state index < -0.39 is 5.54 Å². The SMILES string of the molecule is CCC1c2ccsc2CCN1C(=O)C1(N)CCOCC1. The van der Waals surface area contributed by atoms with E-state index >= 15 is 0 Å². The summed E-state index contributed by atoms with van der Waals surface area (Å²) < 4.78 is 5.35. The highest BCUT2D eigenvalue weighted by Crippen LogP contribution is 2.37. The Balaban J connectivity index is 1.84. The number of hydrogen-bond acceptors (Lipinski definition) is 4. The zero-order chi connectivity index (χ0) is 14.2. The van der Waals surface area contributed by atoms with Gasteiger partial charge in [-0.2, -0.15) is 0 Å². The molecule has 0 saturated carbocycles. The second-order valence-corrected chi connectivity index (χ2v) is 6.74. The van der Waals surface area contributed by atoms with Gasteiger partial charge in [0.15, 0.2) is 0 Å². The first-order valence-corrected chi connectivity index (χ1v) is 8.27. The second kappa shape index (κ2) is 5.47. The lowest BCUT2D eigenvalue weighted by Crippen LogP contribution is -2.59. The van der Waals surface area contributed by atoms with Crippen molar-refractivity contribution in [3.8, 4) is 0 Å². The molecule has 1 unspecified atom stereocenters. The van der Waals surface area contributed by atoms with Gasteiger partial charge >= 0.3 is 0 Å². The van der Waals surface area contributed by atoms with Gasteiger partial charge in [-0.15, -0.1) is 11.3 Å². The summed E-state index contributed by atoms with van der Waals surface area (Å²) in [5.74, 6) is 0.115. The van der Waals surface area contributed by atoms with Crippen LogP contribution < -0.4 is 5.73 Å². The van der Waals surface area contributed by atoms with Crippen LogP contribution >= 0.6 is 11.3 Å². The lowest BCUT2D eigenvalue weighted by molar-refractivity contribution is -0.143. The van der Waals surface area contributed by atoms with Crippen LogP contribution in [0.2, 0.25) is 0 Å². The molecule has 3 heterocycles. The van der Waals surface area contributed by atoms with Crippen molar-refractivity contribution in [1.29, 1.82) is 0 Å². The highest BCUT2D eigenvalue weighted by atomic mass is 32.1. The van der Waals surface area contributed by atoms with Gasteiger partial charge in [-0.25, -0.2) is 0 Å². The first-order valence-electron chi connectivity index (χ1n) is 7.39. The monoisotopic (exact) mass is 294 g/mol. The lowest BCUT2D eigenvalue weighted by atomic mass is 9.87. The molecule has 20 heavy (non-hydrogen) atoms. The van der Waals surface area contributed by atoms with Crippen LogP contribution in [-0.4, -0.2) is 36.1 Å². The van der Waals surface area contributed by atoms with Crippen molar-refractivity contribution in [2.75, 3.05) is 19.8 Å². The van der Waals surface area contributed by atoms with Crippen molar-refractivity contribution < 1.29 is 9.53 Å². The third kappa shape index (κ3) is 2.28. The van der Waals surface area contributed by atoms with E-state index in [-0.39, 0.29) is 11.9 Å². The van der Waals surface area contributed by atoms with E-state index in [2.05, 4.69) is 18.4 Å². The summed E-state index contributed by atoms with van der Waals surface area (Å²) in [6.45, 7) is 4.13. The first kappa shape index (κ1) is 14.0. The van der Waals surface area contributed by atoms with Crippen LogP contribution in [0.1, 0.15) is 42.7 Å². The standard InChI is InChI=1S/C15H22N2O2S/c1-2-12-11-4-10-20-13(11)3-7-17(12)14(18)15(16)5-8-19-9-6-15/h4,10,12H,2-3,5-9,16H2,1H3. The number of nitrogens with zero attached hydrogens (tertiary/aromatic N) is 1. The number of rotatable bonds is 2. The molecule has 5 heteroatoms. The van der Waals surface area contributed by atoms with Gasteiger partial charge in [0.2, 0.25) is 5.91 Å². The second-order valence-electron chi connectivity index (χ2n) is 5.74. The molecule has 1 aromatic rings. The molecule has 0 bridgehead atoms. The van der Waals surface area contributed by atoms with E-state index in [1.54, 1.807) is 11.3 Å². The molecule has 1 aromatic heterocycles. The van der Waals surface area contributed by atoms with E-state index in [4.69, 9.17) is 10.5 Å². The Bertz CT molecular complexity index is 494. The van der Waals surface area contributed by atoms with E-state index in [0.717, 1.165) is 19.4 Å². The van der Waals surface area contributed by atoms with Crippen molar-refractivity contribution in [2.24, 2.45) is 5.73 Å².